The number of nitrogens with zero attached hydrogens (tertiary/aromatic N) is 1. The van der Waals surface area contributed by atoms with Crippen LogP contribution < -0.4 is 0 Å². The molecule has 0 aromatic heterocycles. The molecule has 0 N–H and O–H groups in total. The summed E-state index contributed by atoms with van der Waals surface area (Å²) in [6.45, 7) is 14.6. The second-order valence-electron chi connectivity index (χ2n) is 12.3. The van der Waals surface area contributed by atoms with E-state index in [0.29, 0.717) is 39.2 Å². The molecule has 3 aliphatic carbocycles. The number of hydrogen-bond donors (Lipinski definition) is 0. The first kappa shape index (κ1) is 24.9. The van der Waals surface area contributed by atoms with Crippen molar-refractivity contribution in [1.29, 1.82) is 0 Å². The third-order valence-corrected chi connectivity index (χ3v) is 10.6. The van der Waals surface area contributed by atoms with Gasteiger partial charge >= 0.3 is 5.97 Å². The summed E-state index contributed by atoms with van der Waals surface area (Å²) in [5.41, 5.74) is -1.75. The van der Waals surface area contributed by atoms with E-state index in [9.17, 15) is 9.59 Å². The second-order valence-corrected chi connectivity index (χ2v) is 16.7. The molecule has 3 saturated carbocycles. The fourth-order valence-electron chi connectivity index (χ4n) is 8.82. The van der Waals surface area contributed by atoms with E-state index in [-0.39, 0.29) is 29.0 Å². The molecule has 5 fully saturated rings. The van der Waals surface area contributed by atoms with Crippen LogP contribution in [-0.4, -0.2) is 75.8 Å². The summed E-state index contributed by atoms with van der Waals surface area (Å²) < 4.78 is 25.7. The van der Waals surface area contributed by atoms with Gasteiger partial charge in [-0.3, -0.25) is 9.59 Å². The quantitative estimate of drug-likeness (QED) is 0.426. The van der Waals surface area contributed by atoms with E-state index in [1.165, 1.54) is 0 Å². The summed E-state index contributed by atoms with van der Waals surface area (Å²) >= 11 is 0. The van der Waals surface area contributed by atoms with Crippen LogP contribution in [0.3, 0.4) is 0 Å². The zero-order valence-electron chi connectivity index (χ0n) is 21.7. The Bertz CT molecular complexity index is 838. The Morgan fingerprint density at radius 2 is 1.82 bits per heavy atom. The lowest BCUT2D eigenvalue weighted by Crippen LogP contribution is -2.78. The van der Waals surface area contributed by atoms with Crippen LogP contribution in [0.15, 0.2) is 0 Å². The fraction of sp³-hybridized carbons (Fsp3) is 0.923. The third kappa shape index (κ3) is 3.28. The van der Waals surface area contributed by atoms with Gasteiger partial charge < -0.3 is 23.5 Å². The van der Waals surface area contributed by atoms with Crippen molar-refractivity contribution in [3.63, 3.8) is 0 Å². The maximum atomic E-state index is 14.0. The van der Waals surface area contributed by atoms with Crippen LogP contribution in [0.4, 0.5) is 0 Å². The maximum Gasteiger partial charge on any atom is 0.316 e. The van der Waals surface area contributed by atoms with E-state index in [0.717, 1.165) is 45.2 Å². The van der Waals surface area contributed by atoms with E-state index < -0.39 is 25.1 Å². The summed E-state index contributed by atoms with van der Waals surface area (Å²) in [5.74, 6) is -0.872. The Labute approximate surface area is 205 Å². The molecule has 8 heteroatoms. The van der Waals surface area contributed by atoms with Crippen molar-refractivity contribution in [3.05, 3.63) is 0 Å². The van der Waals surface area contributed by atoms with Crippen molar-refractivity contribution >= 4 is 20.1 Å². The third-order valence-electron chi connectivity index (χ3n) is 9.63. The number of piperidine rings is 1. The summed E-state index contributed by atoms with van der Waals surface area (Å²) in [5, 5.41) is 0. The van der Waals surface area contributed by atoms with E-state index in [4.69, 9.17) is 18.6 Å². The van der Waals surface area contributed by atoms with Crippen molar-refractivity contribution in [3.8, 4) is 0 Å². The molecular weight excluding hydrogens is 450 g/mol. The Balaban J connectivity index is 1.74. The predicted octanol–water partition coefficient (Wildman–Crippen LogP) is 3.76. The normalized spacial score (nSPS) is 41.7. The van der Waals surface area contributed by atoms with Crippen molar-refractivity contribution in [2.75, 3.05) is 39.5 Å². The lowest BCUT2D eigenvalue weighted by atomic mass is 9.44. The van der Waals surface area contributed by atoms with Crippen LogP contribution >= 0.6 is 0 Å². The van der Waals surface area contributed by atoms with Crippen molar-refractivity contribution in [2.45, 2.75) is 89.8 Å². The monoisotopic (exact) mass is 493 g/mol. The highest BCUT2D eigenvalue weighted by Crippen LogP contribution is 2.71. The van der Waals surface area contributed by atoms with Crippen LogP contribution in [0, 0.1) is 22.7 Å². The Kier molecular flexibility index (Phi) is 6.12. The Hall–Kier alpha value is -0.803. The predicted molar refractivity (Wildman–Crippen MR) is 130 cm³/mol. The molecule has 0 aromatic rings. The molecule has 192 valence electrons. The zero-order valence-corrected chi connectivity index (χ0v) is 22.7. The number of fused-ring (bicyclic) bond motifs is 2. The van der Waals surface area contributed by atoms with E-state index in [2.05, 4.69) is 31.5 Å². The number of carbonyl (C=O) groups is 2. The second kappa shape index (κ2) is 8.37. The van der Waals surface area contributed by atoms with Gasteiger partial charge in [0.1, 0.15) is 11.2 Å². The molecule has 34 heavy (non-hydrogen) atoms. The molecule has 5 aliphatic rings. The summed E-state index contributed by atoms with van der Waals surface area (Å²) in [7, 11) is -2.11. The molecule has 2 saturated heterocycles. The molecule has 5 atom stereocenters. The Morgan fingerprint density at radius 3 is 2.47 bits per heavy atom. The first-order valence-corrected chi connectivity index (χ1v) is 16.9. The molecule has 2 bridgehead atoms. The molecule has 0 unspecified atom stereocenters. The first-order valence-electron chi connectivity index (χ1n) is 13.5. The standard InChI is InChI=1S/C26H43NO6Si/c1-6-27-17-23-11-8-12-24(18-27,22(29)30-7-2)26(23,33-34(3,4)5)14-10-20(28)21-19(23)9-13-25(21)31-15-16-32-25/h19,21H,6-18H2,1-5H3/t19-,21+,23-,24+,26-/m1/s1. The van der Waals surface area contributed by atoms with Gasteiger partial charge in [-0.2, -0.15) is 0 Å². The van der Waals surface area contributed by atoms with E-state index >= 15 is 0 Å². The van der Waals surface area contributed by atoms with Crippen LogP contribution in [0.25, 0.3) is 0 Å². The van der Waals surface area contributed by atoms with Crippen molar-refractivity contribution in [1.82, 2.24) is 4.90 Å². The minimum atomic E-state index is -2.11. The smallest absolute Gasteiger partial charge is 0.316 e. The number of ketones is 1. The number of ether oxygens (including phenoxy) is 3. The average Bonchev–Trinajstić information content (AvgIpc) is 3.36. The van der Waals surface area contributed by atoms with E-state index in [1.54, 1.807) is 0 Å². The molecule has 7 nitrogen and oxygen atoms in total. The molecule has 2 aliphatic heterocycles. The lowest BCUT2D eigenvalue weighted by Gasteiger charge is -2.69. The van der Waals surface area contributed by atoms with E-state index in [1.807, 2.05) is 6.92 Å². The number of carbonyl (C=O) groups excluding carboxylic acids is 2. The summed E-state index contributed by atoms with van der Waals surface area (Å²) in [6.07, 6.45) is 5.32. The summed E-state index contributed by atoms with van der Waals surface area (Å²) in [4.78, 5) is 30.4. The molecule has 0 radical (unpaired) electrons. The Morgan fingerprint density at radius 1 is 1.09 bits per heavy atom. The van der Waals surface area contributed by atoms with Gasteiger partial charge in [-0.1, -0.05) is 13.3 Å². The molecule has 1 spiro atoms. The molecular formula is C26H43NO6Si. The first-order chi connectivity index (χ1) is 16.1. The molecule has 2 heterocycles. The molecule has 0 amide bonds. The molecule has 5 rings (SSSR count). The fourth-order valence-corrected chi connectivity index (χ4v) is 10.4. The zero-order chi connectivity index (χ0) is 24.4. The van der Waals surface area contributed by atoms with Crippen LogP contribution in [0.1, 0.15) is 58.8 Å². The van der Waals surface area contributed by atoms with Gasteiger partial charge in [-0.25, -0.2) is 0 Å². The van der Waals surface area contributed by atoms with Gasteiger partial charge in [0.15, 0.2) is 14.1 Å². The van der Waals surface area contributed by atoms with Crippen molar-refractivity contribution < 1.29 is 28.2 Å². The van der Waals surface area contributed by atoms with Crippen LogP contribution in [0.5, 0.6) is 0 Å². The number of Topliss-reactive ketones (excluding diaryl/α,β-unsaturated/α-hetero) is 1. The number of rotatable bonds is 5. The average molecular weight is 494 g/mol. The topological polar surface area (TPSA) is 74.3 Å². The minimum absolute atomic E-state index is 0.0837. The largest absolute Gasteiger partial charge is 0.465 e. The van der Waals surface area contributed by atoms with Crippen LogP contribution in [-0.2, 0) is 28.2 Å². The number of esters is 1. The van der Waals surface area contributed by atoms with Gasteiger partial charge in [-0.05, 0) is 64.7 Å². The van der Waals surface area contributed by atoms with Gasteiger partial charge in [0.05, 0.1) is 31.3 Å². The summed E-state index contributed by atoms with van der Waals surface area (Å²) in [6, 6.07) is 0. The number of hydrogen-bond acceptors (Lipinski definition) is 7. The van der Waals surface area contributed by atoms with Gasteiger partial charge in [0.2, 0.25) is 0 Å². The van der Waals surface area contributed by atoms with Gasteiger partial charge in [0.25, 0.3) is 0 Å². The van der Waals surface area contributed by atoms with Crippen molar-refractivity contribution in [2.24, 2.45) is 22.7 Å². The highest BCUT2D eigenvalue weighted by molar-refractivity contribution is 6.69. The number of likely N-dealkylation sites (tertiary alicyclic amines) is 1. The SMILES string of the molecule is CCOC(=O)[C@]12CCC[C@@]3(CN(CC)C1)[C@@H]1CCC4(OCCO4)[C@@H]1C(=O)CC[C@]23O[Si](C)(C)C. The lowest BCUT2D eigenvalue weighted by molar-refractivity contribution is -0.263. The van der Waals surface area contributed by atoms with Crippen LogP contribution in [0.2, 0.25) is 19.6 Å². The van der Waals surface area contributed by atoms with Gasteiger partial charge in [0, 0.05) is 31.3 Å². The molecule has 0 aromatic carbocycles. The highest BCUT2D eigenvalue weighted by Gasteiger charge is 2.78. The highest BCUT2D eigenvalue weighted by atomic mass is 28.4. The minimum Gasteiger partial charge on any atom is -0.465 e. The maximum absolute atomic E-state index is 14.0. The van der Waals surface area contributed by atoms with Gasteiger partial charge in [-0.15, -0.1) is 0 Å².